The largest absolute Gasteiger partial charge is 0.480 e. The van der Waals surface area contributed by atoms with Crippen LogP contribution in [-0.4, -0.2) is 133 Å². The van der Waals surface area contributed by atoms with Gasteiger partial charge in [0, 0.05) is 65.4 Å². The first-order chi connectivity index (χ1) is 16.1. The van der Waals surface area contributed by atoms with Crippen LogP contribution in [0.1, 0.15) is 34.1 Å². The summed E-state index contributed by atoms with van der Waals surface area (Å²) in [6.07, 6.45) is 3.01. The number of carbonyl (C=O) groups excluding carboxylic acids is 1. The Morgan fingerprint density at radius 1 is 0.765 bits per heavy atom. The molecular weight excluding hydrogens is 438 g/mol. The summed E-state index contributed by atoms with van der Waals surface area (Å²) in [7, 11) is 0. The van der Waals surface area contributed by atoms with Crippen molar-refractivity contribution in [1.82, 2.24) is 24.9 Å². The molecule has 0 aromatic heterocycles. The highest BCUT2D eigenvalue weighted by Gasteiger charge is 2.20. The molecule has 1 heterocycles. The standard InChI is InChI=1S/C24H45N5O5/c1-5-21(4)16-26-8-10-27(17-22(30)25-7-6-20(2)3)11-13-29(19-24(33)34)15-14-28(12-9-26)18-23(31)32/h5,20H,6-19H2,1-4H3,(H,25,30)(H,31,32)(H,33,34). The van der Waals surface area contributed by atoms with E-state index in [2.05, 4.69) is 42.0 Å². The van der Waals surface area contributed by atoms with Gasteiger partial charge in [-0.1, -0.05) is 25.5 Å². The van der Waals surface area contributed by atoms with Crippen LogP contribution in [-0.2, 0) is 14.4 Å². The van der Waals surface area contributed by atoms with Gasteiger partial charge >= 0.3 is 11.9 Å². The number of amides is 1. The van der Waals surface area contributed by atoms with Gasteiger partial charge in [-0.2, -0.15) is 0 Å². The van der Waals surface area contributed by atoms with Crippen LogP contribution >= 0.6 is 0 Å². The van der Waals surface area contributed by atoms with E-state index in [0.29, 0.717) is 58.3 Å². The number of aliphatic carboxylic acids is 2. The second-order valence-corrected chi connectivity index (χ2v) is 9.56. The van der Waals surface area contributed by atoms with Gasteiger partial charge in [0.1, 0.15) is 0 Å². The quantitative estimate of drug-likeness (QED) is 0.361. The topological polar surface area (TPSA) is 117 Å². The smallest absolute Gasteiger partial charge is 0.317 e. The number of nitrogens with zero attached hydrogens (tertiary/aromatic N) is 4. The SMILES string of the molecule is CC=C(C)CN1CCN(CC(=O)O)CCN(CC(=O)O)CCN(CC(=O)NCCC(C)C)CC1. The number of allylic oxidation sites excluding steroid dienone is 1. The number of nitrogens with one attached hydrogen (secondary N) is 1. The van der Waals surface area contributed by atoms with E-state index in [1.165, 1.54) is 5.57 Å². The molecule has 1 aliphatic heterocycles. The zero-order valence-corrected chi connectivity index (χ0v) is 21.5. The monoisotopic (exact) mass is 483 g/mol. The summed E-state index contributed by atoms with van der Waals surface area (Å²) < 4.78 is 0. The maximum absolute atomic E-state index is 12.5. The van der Waals surface area contributed by atoms with E-state index in [4.69, 9.17) is 0 Å². The zero-order chi connectivity index (χ0) is 25.5. The van der Waals surface area contributed by atoms with E-state index in [0.717, 1.165) is 19.5 Å². The number of rotatable bonds is 11. The molecule has 3 N–H and O–H groups in total. The van der Waals surface area contributed by atoms with Crippen LogP contribution in [0.4, 0.5) is 0 Å². The fraction of sp³-hybridized carbons (Fsp3) is 0.792. The zero-order valence-electron chi connectivity index (χ0n) is 21.5. The van der Waals surface area contributed by atoms with Gasteiger partial charge in [-0.25, -0.2) is 0 Å². The molecule has 1 saturated heterocycles. The molecule has 1 amide bonds. The fourth-order valence-corrected chi connectivity index (χ4v) is 3.80. The molecule has 1 aliphatic rings. The molecule has 0 aromatic carbocycles. The lowest BCUT2D eigenvalue weighted by molar-refractivity contribution is -0.140. The highest BCUT2D eigenvalue weighted by Crippen LogP contribution is 2.04. The summed E-state index contributed by atoms with van der Waals surface area (Å²) in [6, 6.07) is 0. The Morgan fingerprint density at radius 3 is 1.50 bits per heavy atom. The molecule has 10 nitrogen and oxygen atoms in total. The minimum atomic E-state index is -0.914. The molecule has 0 aromatic rings. The molecule has 196 valence electrons. The third-order valence-corrected chi connectivity index (χ3v) is 6.02. The van der Waals surface area contributed by atoms with Crippen LogP contribution in [0.3, 0.4) is 0 Å². The summed E-state index contributed by atoms with van der Waals surface area (Å²) >= 11 is 0. The van der Waals surface area contributed by atoms with Gasteiger partial charge in [-0.05, 0) is 26.2 Å². The second kappa shape index (κ2) is 16.6. The summed E-state index contributed by atoms with van der Waals surface area (Å²) in [5, 5.41) is 21.6. The second-order valence-electron chi connectivity index (χ2n) is 9.56. The maximum Gasteiger partial charge on any atom is 0.317 e. The summed E-state index contributed by atoms with van der Waals surface area (Å²) in [4.78, 5) is 43.3. The van der Waals surface area contributed by atoms with E-state index >= 15 is 0 Å². The predicted octanol–water partition coefficient (Wildman–Crippen LogP) is 0.506. The summed E-state index contributed by atoms with van der Waals surface area (Å²) in [5.74, 6) is -1.29. The summed E-state index contributed by atoms with van der Waals surface area (Å²) in [5.41, 5.74) is 1.24. The van der Waals surface area contributed by atoms with Crippen molar-refractivity contribution in [3.8, 4) is 0 Å². The van der Waals surface area contributed by atoms with Gasteiger partial charge in [0.05, 0.1) is 19.6 Å². The van der Waals surface area contributed by atoms with E-state index in [1.807, 2.05) is 16.7 Å². The highest BCUT2D eigenvalue weighted by atomic mass is 16.4. The van der Waals surface area contributed by atoms with Crippen molar-refractivity contribution in [2.45, 2.75) is 34.1 Å². The lowest BCUT2D eigenvalue weighted by atomic mass is 10.1. The Bertz CT molecular complexity index is 670. The summed E-state index contributed by atoms with van der Waals surface area (Å²) in [6.45, 7) is 14.6. The predicted molar refractivity (Wildman–Crippen MR) is 133 cm³/mol. The van der Waals surface area contributed by atoms with Crippen LogP contribution in [0.2, 0.25) is 0 Å². The molecule has 0 spiro atoms. The van der Waals surface area contributed by atoms with Crippen molar-refractivity contribution in [1.29, 1.82) is 0 Å². The molecule has 0 saturated carbocycles. The number of carbonyl (C=O) groups is 3. The Morgan fingerprint density at radius 2 is 1.15 bits per heavy atom. The average Bonchev–Trinajstić information content (AvgIpc) is 2.74. The van der Waals surface area contributed by atoms with Crippen molar-refractivity contribution in [3.05, 3.63) is 11.6 Å². The van der Waals surface area contributed by atoms with E-state index in [9.17, 15) is 24.6 Å². The van der Waals surface area contributed by atoms with Crippen molar-refractivity contribution in [2.75, 3.05) is 85.1 Å². The van der Waals surface area contributed by atoms with Crippen molar-refractivity contribution in [2.24, 2.45) is 5.92 Å². The molecule has 1 rings (SSSR count). The lowest BCUT2D eigenvalue weighted by Crippen LogP contribution is -2.49. The molecule has 0 unspecified atom stereocenters. The molecule has 10 heteroatoms. The molecular formula is C24H45N5O5. The molecule has 0 bridgehead atoms. The minimum Gasteiger partial charge on any atom is -0.480 e. The number of hydrogen-bond acceptors (Lipinski definition) is 7. The average molecular weight is 484 g/mol. The first-order valence-corrected chi connectivity index (χ1v) is 12.3. The van der Waals surface area contributed by atoms with Gasteiger partial charge < -0.3 is 15.5 Å². The van der Waals surface area contributed by atoms with Crippen molar-refractivity contribution < 1.29 is 24.6 Å². The maximum atomic E-state index is 12.5. The molecule has 34 heavy (non-hydrogen) atoms. The number of hydrogen-bond donors (Lipinski definition) is 3. The molecule has 0 atom stereocenters. The lowest BCUT2D eigenvalue weighted by Gasteiger charge is -2.33. The van der Waals surface area contributed by atoms with Crippen molar-refractivity contribution in [3.63, 3.8) is 0 Å². The van der Waals surface area contributed by atoms with Crippen LogP contribution in [0.25, 0.3) is 0 Å². The van der Waals surface area contributed by atoms with Gasteiger partial charge in [-0.3, -0.25) is 34.0 Å². The van der Waals surface area contributed by atoms with Crippen LogP contribution in [0.5, 0.6) is 0 Å². The first-order valence-electron chi connectivity index (χ1n) is 12.3. The van der Waals surface area contributed by atoms with Gasteiger partial charge in [0.2, 0.25) is 5.91 Å². The van der Waals surface area contributed by atoms with Gasteiger partial charge in [0.25, 0.3) is 0 Å². The van der Waals surface area contributed by atoms with Crippen LogP contribution in [0, 0.1) is 5.92 Å². The minimum absolute atomic E-state index is 0.0126. The van der Waals surface area contributed by atoms with E-state index in [-0.39, 0.29) is 25.5 Å². The Kier molecular flexibility index (Phi) is 14.6. The van der Waals surface area contributed by atoms with Gasteiger partial charge in [-0.15, -0.1) is 0 Å². The van der Waals surface area contributed by atoms with Gasteiger partial charge in [0.15, 0.2) is 0 Å². The van der Waals surface area contributed by atoms with Crippen LogP contribution in [0.15, 0.2) is 11.6 Å². The molecule has 0 radical (unpaired) electrons. The molecule has 0 aliphatic carbocycles. The highest BCUT2D eigenvalue weighted by molar-refractivity contribution is 5.78. The Balaban J connectivity index is 2.92. The third-order valence-electron chi connectivity index (χ3n) is 6.02. The normalized spacial score (nSPS) is 18.9. The Hall–Kier alpha value is -2.01. The third kappa shape index (κ3) is 14.3. The van der Waals surface area contributed by atoms with Crippen molar-refractivity contribution >= 4 is 17.8 Å². The number of carboxylic acids is 2. The van der Waals surface area contributed by atoms with E-state index < -0.39 is 11.9 Å². The Labute approximate surface area is 204 Å². The van der Waals surface area contributed by atoms with Crippen LogP contribution < -0.4 is 5.32 Å². The first kappa shape index (κ1) is 30.0. The fourth-order valence-electron chi connectivity index (χ4n) is 3.80. The number of carboxylic acid groups (broad SMARTS) is 2. The van der Waals surface area contributed by atoms with E-state index in [1.54, 1.807) is 0 Å². The molecule has 1 fully saturated rings.